The highest BCUT2D eigenvalue weighted by Crippen LogP contribution is 2.20. The first-order valence-electron chi connectivity index (χ1n) is 8.85. The molecule has 4 nitrogen and oxygen atoms in total. The number of aliphatic hydroxyl groups is 1. The van der Waals surface area contributed by atoms with Crippen molar-refractivity contribution in [3.63, 3.8) is 0 Å². The van der Waals surface area contributed by atoms with Gasteiger partial charge in [-0.15, -0.1) is 0 Å². The summed E-state index contributed by atoms with van der Waals surface area (Å²) in [5.41, 5.74) is 0. The van der Waals surface area contributed by atoms with Crippen molar-refractivity contribution in [2.45, 2.75) is 76.9 Å². The molecule has 1 amide bonds. The molecule has 1 heterocycles. The molecular weight excluding hydrogens is 264 g/mol. The second-order valence-corrected chi connectivity index (χ2v) is 6.99. The summed E-state index contributed by atoms with van der Waals surface area (Å²) in [5, 5.41) is 13.0. The predicted molar refractivity (Wildman–Crippen MR) is 85.1 cm³/mol. The van der Waals surface area contributed by atoms with Crippen molar-refractivity contribution in [1.29, 1.82) is 0 Å². The zero-order chi connectivity index (χ0) is 15.1. The first kappa shape index (κ1) is 16.8. The zero-order valence-corrected chi connectivity index (χ0v) is 13.5. The van der Waals surface area contributed by atoms with Crippen LogP contribution in [0.5, 0.6) is 0 Å². The highest BCUT2D eigenvalue weighted by Gasteiger charge is 2.25. The van der Waals surface area contributed by atoms with Gasteiger partial charge in [0.05, 0.1) is 12.6 Å². The lowest BCUT2D eigenvalue weighted by molar-refractivity contribution is -0.123. The second kappa shape index (κ2) is 8.74. The number of likely N-dealkylation sites (tertiary alicyclic amines) is 1. The van der Waals surface area contributed by atoms with Crippen molar-refractivity contribution >= 4 is 5.91 Å². The lowest BCUT2D eigenvalue weighted by Crippen LogP contribution is -2.46. The Balaban J connectivity index is 1.72. The van der Waals surface area contributed by atoms with Gasteiger partial charge in [0.25, 0.3) is 0 Å². The average molecular weight is 296 g/mol. The Hall–Kier alpha value is -0.610. The fourth-order valence-electron chi connectivity index (χ4n) is 3.71. The monoisotopic (exact) mass is 296 g/mol. The molecule has 21 heavy (non-hydrogen) atoms. The van der Waals surface area contributed by atoms with E-state index in [2.05, 4.69) is 10.2 Å². The van der Waals surface area contributed by atoms with Crippen LogP contribution in [-0.2, 0) is 4.79 Å². The Morgan fingerprint density at radius 1 is 1.14 bits per heavy atom. The molecule has 1 aliphatic carbocycles. The van der Waals surface area contributed by atoms with Crippen LogP contribution in [0, 0.1) is 5.92 Å². The topological polar surface area (TPSA) is 52.6 Å². The first-order valence-corrected chi connectivity index (χ1v) is 8.85. The number of carbonyl (C=O) groups is 1. The van der Waals surface area contributed by atoms with Crippen molar-refractivity contribution < 1.29 is 9.90 Å². The lowest BCUT2D eigenvalue weighted by atomic mass is 9.93. The quantitative estimate of drug-likeness (QED) is 0.837. The number of rotatable bonds is 4. The van der Waals surface area contributed by atoms with Crippen LogP contribution in [0.15, 0.2) is 0 Å². The first-order chi connectivity index (χ1) is 10.1. The number of piperidine rings is 1. The van der Waals surface area contributed by atoms with Gasteiger partial charge >= 0.3 is 0 Å². The molecule has 1 aliphatic heterocycles. The largest absolute Gasteiger partial charge is 0.393 e. The summed E-state index contributed by atoms with van der Waals surface area (Å²) in [6.45, 7) is 4.21. The van der Waals surface area contributed by atoms with E-state index < -0.39 is 0 Å². The van der Waals surface area contributed by atoms with Gasteiger partial charge in [0, 0.05) is 12.6 Å². The minimum absolute atomic E-state index is 0.173. The number of hydrogen-bond donors (Lipinski definition) is 2. The molecular formula is C17H32N2O2. The van der Waals surface area contributed by atoms with Crippen LogP contribution in [0.3, 0.4) is 0 Å². The van der Waals surface area contributed by atoms with Crippen LogP contribution in [-0.4, -0.2) is 47.7 Å². The van der Waals surface area contributed by atoms with Gasteiger partial charge in [-0.25, -0.2) is 0 Å². The fraction of sp³-hybridized carbons (Fsp3) is 0.941. The Morgan fingerprint density at radius 2 is 1.81 bits per heavy atom. The van der Waals surface area contributed by atoms with E-state index in [9.17, 15) is 9.90 Å². The van der Waals surface area contributed by atoms with Crippen molar-refractivity contribution in [2.75, 3.05) is 19.6 Å². The summed E-state index contributed by atoms with van der Waals surface area (Å²) >= 11 is 0. The van der Waals surface area contributed by atoms with Crippen molar-refractivity contribution in [3.8, 4) is 0 Å². The average Bonchev–Trinajstić information content (AvgIpc) is 2.42. The van der Waals surface area contributed by atoms with Gasteiger partial charge in [0.1, 0.15) is 0 Å². The van der Waals surface area contributed by atoms with E-state index >= 15 is 0 Å². The number of amides is 1. The third-order valence-electron chi connectivity index (χ3n) is 5.06. The maximum absolute atomic E-state index is 12.2. The molecule has 0 aromatic carbocycles. The van der Waals surface area contributed by atoms with Gasteiger partial charge in [-0.3, -0.25) is 9.69 Å². The van der Waals surface area contributed by atoms with Gasteiger partial charge in [0.15, 0.2) is 0 Å². The number of hydrogen-bond acceptors (Lipinski definition) is 3. The number of carbonyl (C=O) groups excluding carboxylic acids is 1. The van der Waals surface area contributed by atoms with E-state index in [4.69, 9.17) is 0 Å². The molecule has 4 heteroatoms. The number of nitrogens with one attached hydrogen (secondary N) is 1. The van der Waals surface area contributed by atoms with Gasteiger partial charge < -0.3 is 10.4 Å². The summed E-state index contributed by atoms with van der Waals surface area (Å²) in [6.07, 6.45) is 10.7. The van der Waals surface area contributed by atoms with Gasteiger partial charge in [0.2, 0.25) is 5.91 Å². The van der Waals surface area contributed by atoms with Crippen molar-refractivity contribution in [1.82, 2.24) is 10.2 Å². The van der Waals surface area contributed by atoms with Crippen LogP contribution in [0.25, 0.3) is 0 Å². The molecule has 0 radical (unpaired) electrons. The van der Waals surface area contributed by atoms with Gasteiger partial charge in [-0.05, 0) is 45.1 Å². The Morgan fingerprint density at radius 3 is 2.48 bits per heavy atom. The molecule has 0 spiro atoms. The van der Waals surface area contributed by atoms with Crippen molar-refractivity contribution in [3.05, 3.63) is 0 Å². The minimum atomic E-state index is -0.263. The molecule has 2 aliphatic rings. The summed E-state index contributed by atoms with van der Waals surface area (Å²) < 4.78 is 0. The molecule has 0 aromatic rings. The predicted octanol–water partition coefficient (Wildman–Crippen LogP) is 2.31. The third-order valence-corrected chi connectivity index (χ3v) is 5.06. The second-order valence-electron chi connectivity index (χ2n) is 6.99. The van der Waals surface area contributed by atoms with E-state index in [1.165, 1.54) is 32.1 Å². The SMILES string of the molecule is CC(O)C1CCCN(CC(=O)NC2CCCCCCC2)C1. The smallest absolute Gasteiger partial charge is 0.234 e. The van der Waals surface area contributed by atoms with E-state index in [1.807, 2.05) is 6.92 Å². The lowest BCUT2D eigenvalue weighted by Gasteiger charge is -2.34. The zero-order valence-electron chi connectivity index (χ0n) is 13.5. The number of nitrogens with zero attached hydrogens (tertiary/aromatic N) is 1. The summed E-state index contributed by atoms with van der Waals surface area (Å²) in [6, 6.07) is 0.384. The minimum Gasteiger partial charge on any atom is -0.393 e. The summed E-state index contributed by atoms with van der Waals surface area (Å²) in [4.78, 5) is 14.4. The third kappa shape index (κ3) is 5.95. The highest BCUT2D eigenvalue weighted by molar-refractivity contribution is 5.78. The maximum Gasteiger partial charge on any atom is 0.234 e. The van der Waals surface area contributed by atoms with Gasteiger partial charge in [-0.1, -0.05) is 32.1 Å². The number of aliphatic hydroxyl groups excluding tert-OH is 1. The normalized spacial score (nSPS) is 27.6. The standard InChI is InChI=1S/C17H32N2O2/c1-14(20)15-8-7-11-19(12-15)13-17(21)18-16-9-5-3-2-4-6-10-16/h14-16,20H,2-13H2,1H3,(H,18,21). The molecule has 2 atom stereocenters. The summed E-state index contributed by atoms with van der Waals surface area (Å²) in [5.74, 6) is 0.500. The van der Waals surface area contributed by atoms with Gasteiger partial charge in [-0.2, -0.15) is 0 Å². The highest BCUT2D eigenvalue weighted by atomic mass is 16.3. The van der Waals surface area contributed by atoms with Crippen LogP contribution in [0.2, 0.25) is 0 Å². The molecule has 1 saturated carbocycles. The van der Waals surface area contributed by atoms with Crippen LogP contribution in [0.1, 0.15) is 64.7 Å². The van der Waals surface area contributed by atoms with Crippen LogP contribution < -0.4 is 5.32 Å². The van der Waals surface area contributed by atoms with E-state index in [-0.39, 0.29) is 12.0 Å². The molecule has 0 aromatic heterocycles. The molecule has 1 saturated heterocycles. The van der Waals surface area contributed by atoms with Crippen LogP contribution >= 0.6 is 0 Å². The molecule has 2 rings (SSSR count). The maximum atomic E-state index is 12.2. The fourth-order valence-corrected chi connectivity index (χ4v) is 3.71. The summed E-state index contributed by atoms with van der Waals surface area (Å²) in [7, 11) is 0. The Labute approximate surface area is 129 Å². The molecule has 2 N–H and O–H groups in total. The molecule has 122 valence electrons. The molecule has 2 unspecified atom stereocenters. The van der Waals surface area contributed by atoms with Crippen LogP contribution in [0.4, 0.5) is 0 Å². The van der Waals surface area contributed by atoms with E-state index in [0.29, 0.717) is 18.5 Å². The van der Waals surface area contributed by atoms with E-state index in [0.717, 1.165) is 38.8 Å². The van der Waals surface area contributed by atoms with E-state index in [1.54, 1.807) is 0 Å². The van der Waals surface area contributed by atoms with Crippen molar-refractivity contribution in [2.24, 2.45) is 5.92 Å². The Bertz CT molecular complexity index is 312. The Kier molecular flexibility index (Phi) is 6.97. The molecule has 2 fully saturated rings. The molecule has 0 bridgehead atoms.